The first kappa shape index (κ1) is 21.9. The summed E-state index contributed by atoms with van der Waals surface area (Å²) in [7, 11) is 3.30. The zero-order valence-electron chi connectivity index (χ0n) is 18.0. The molecule has 9 heteroatoms. The van der Waals surface area contributed by atoms with Crippen LogP contribution in [0.15, 0.2) is 48.7 Å². The summed E-state index contributed by atoms with van der Waals surface area (Å²) in [5.74, 6) is -2.69. The number of nitrogens with one attached hydrogen (secondary N) is 2. The maximum absolute atomic E-state index is 14.5. The molecule has 2 aromatic heterocycles. The zero-order valence-corrected chi connectivity index (χ0v) is 18.0. The summed E-state index contributed by atoms with van der Waals surface area (Å²) in [6.45, 7) is 0. The van der Waals surface area contributed by atoms with Gasteiger partial charge in [-0.3, -0.25) is 9.78 Å². The van der Waals surface area contributed by atoms with Crippen molar-refractivity contribution < 1.29 is 13.6 Å². The molecule has 0 radical (unpaired) electrons. The first-order valence-electron chi connectivity index (χ1n) is 10.5. The normalized spacial score (nSPS) is 20.1. The molecule has 168 valence electrons. The molecule has 1 saturated carbocycles. The fraction of sp³-hybridized carbons (Fsp3) is 0.348. The van der Waals surface area contributed by atoms with E-state index in [1.54, 1.807) is 37.3 Å². The number of halogens is 2. The Labute approximate surface area is 185 Å². The predicted octanol–water partition coefficient (Wildman–Crippen LogP) is 3.68. The second-order valence-electron chi connectivity index (χ2n) is 8.06. The molecule has 2 atom stereocenters. The van der Waals surface area contributed by atoms with E-state index in [1.165, 1.54) is 0 Å². The van der Waals surface area contributed by atoms with Crippen LogP contribution in [-0.2, 0) is 0 Å². The highest BCUT2D eigenvalue weighted by Gasteiger charge is 2.47. The van der Waals surface area contributed by atoms with Gasteiger partial charge in [0, 0.05) is 30.7 Å². The van der Waals surface area contributed by atoms with E-state index in [0.717, 1.165) is 10.9 Å². The SMILES string of the molecule is CNC1C(N(C)c2ccc(C(N)=O)c(Nc3ccc4ncccc4c3)n2)CCCC1(F)F. The Morgan fingerprint density at radius 1 is 1.25 bits per heavy atom. The number of primary amides is 1. The Bertz CT molecular complexity index is 1140. The van der Waals surface area contributed by atoms with Gasteiger partial charge in [0.05, 0.1) is 23.2 Å². The van der Waals surface area contributed by atoms with Gasteiger partial charge in [-0.15, -0.1) is 0 Å². The van der Waals surface area contributed by atoms with E-state index in [2.05, 4.69) is 20.6 Å². The summed E-state index contributed by atoms with van der Waals surface area (Å²) >= 11 is 0. The number of aromatic nitrogens is 2. The second-order valence-corrected chi connectivity index (χ2v) is 8.06. The number of hydrogen-bond donors (Lipinski definition) is 3. The van der Waals surface area contributed by atoms with Gasteiger partial charge in [-0.2, -0.15) is 0 Å². The minimum absolute atomic E-state index is 0.138. The highest BCUT2D eigenvalue weighted by molar-refractivity contribution is 5.98. The number of nitrogens with zero attached hydrogens (tertiary/aromatic N) is 3. The van der Waals surface area contributed by atoms with Crippen LogP contribution >= 0.6 is 0 Å². The molecule has 7 nitrogen and oxygen atoms in total. The van der Waals surface area contributed by atoms with Crippen molar-refractivity contribution in [1.29, 1.82) is 0 Å². The molecule has 1 aliphatic rings. The molecule has 0 aliphatic heterocycles. The molecule has 0 spiro atoms. The largest absolute Gasteiger partial charge is 0.365 e. The highest BCUT2D eigenvalue weighted by atomic mass is 19.3. The fourth-order valence-electron chi connectivity index (χ4n) is 4.37. The van der Waals surface area contributed by atoms with Gasteiger partial charge in [-0.1, -0.05) is 6.07 Å². The molecule has 1 amide bonds. The number of carbonyl (C=O) groups is 1. The van der Waals surface area contributed by atoms with E-state index < -0.39 is 23.9 Å². The average Bonchev–Trinajstić information content (AvgIpc) is 2.77. The lowest BCUT2D eigenvalue weighted by molar-refractivity contribution is -0.0685. The lowest BCUT2D eigenvalue weighted by Gasteiger charge is -2.42. The van der Waals surface area contributed by atoms with Gasteiger partial charge in [-0.05, 0) is 56.3 Å². The van der Waals surface area contributed by atoms with E-state index in [4.69, 9.17) is 5.73 Å². The van der Waals surface area contributed by atoms with Gasteiger partial charge in [0.1, 0.15) is 11.6 Å². The minimum atomic E-state index is -2.81. The molecule has 2 heterocycles. The van der Waals surface area contributed by atoms with Crippen LogP contribution < -0.4 is 21.3 Å². The van der Waals surface area contributed by atoms with Gasteiger partial charge >= 0.3 is 0 Å². The molecule has 1 aliphatic carbocycles. The molecule has 0 bridgehead atoms. The van der Waals surface area contributed by atoms with Crippen molar-refractivity contribution in [3.05, 3.63) is 54.2 Å². The maximum atomic E-state index is 14.5. The van der Waals surface area contributed by atoms with E-state index in [-0.39, 0.29) is 17.8 Å². The quantitative estimate of drug-likeness (QED) is 0.541. The summed E-state index contributed by atoms with van der Waals surface area (Å²) in [5, 5.41) is 6.86. The van der Waals surface area contributed by atoms with E-state index in [1.807, 2.05) is 30.3 Å². The molecular weight excluding hydrogens is 414 g/mol. The monoisotopic (exact) mass is 440 g/mol. The third-order valence-electron chi connectivity index (χ3n) is 6.03. The Kier molecular flexibility index (Phi) is 5.92. The second kappa shape index (κ2) is 8.66. The van der Waals surface area contributed by atoms with Crippen molar-refractivity contribution in [2.75, 3.05) is 24.3 Å². The van der Waals surface area contributed by atoms with Crippen molar-refractivity contribution >= 4 is 34.1 Å². The Hall–Kier alpha value is -3.33. The summed E-state index contributed by atoms with van der Waals surface area (Å²) in [4.78, 5) is 22.6. The van der Waals surface area contributed by atoms with E-state index >= 15 is 0 Å². The minimum Gasteiger partial charge on any atom is -0.365 e. The van der Waals surface area contributed by atoms with Crippen LogP contribution in [0.2, 0.25) is 0 Å². The number of carbonyl (C=O) groups excluding carboxylic acids is 1. The number of pyridine rings is 2. The number of rotatable bonds is 6. The number of hydrogen-bond acceptors (Lipinski definition) is 6. The van der Waals surface area contributed by atoms with Crippen molar-refractivity contribution in [3.63, 3.8) is 0 Å². The molecule has 0 saturated heterocycles. The lowest BCUT2D eigenvalue weighted by atomic mass is 9.86. The Morgan fingerprint density at radius 2 is 2.06 bits per heavy atom. The summed E-state index contributed by atoms with van der Waals surface area (Å²) in [6.07, 6.45) is 2.61. The summed E-state index contributed by atoms with van der Waals surface area (Å²) < 4.78 is 28.9. The Morgan fingerprint density at radius 3 is 2.81 bits per heavy atom. The predicted molar refractivity (Wildman–Crippen MR) is 122 cm³/mol. The molecule has 4 rings (SSSR count). The third kappa shape index (κ3) is 4.20. The van der Waals surface area contributed by atoms with Crippen LogP contribution in [0.5, 0.6) is 0 Å². The van der Waals surface area contributed by atoms with Crippen LogP contribution in [0.4, 0.5) is 26.1 Å². The van der Waals surface area contributed by atoms with Crippen molar-refractivity contribution in [3.8, 4) is 0 Å². The van der Waals surface area contributed by atoms with Gasteiger partial charge in [0.2, 0.25) is 0 Å². The maximum Gasteiger partial charge on any atom is 0.265 e. The van der Waals surface area contributed by atoms with Gasteiger partial charge in [-0.25, -0.2) is 13.8 Å². The molecular formula is C23H26F2N6O. The Balaban J connectivity index is 1.67. The fourth-order valence-corrected chi connectivity index (χ4v) is 4.37. The summed E-state index contributed by atoms with van der Waals surface area (Å²) in [5.41, 5.74) is 7.32. The number of nitrogens with two attached hydrogens (primary N) is 1. The standard InChI is InChI=1S/C23H26F2N6O/c1-27-20-18(6-3-11-23(20,24)25)31(2)19-10-8-16(21(26)32)22(30-19)29-15-7-9-17-14(13-15)5-4-12-28-17/h4-5,7-10,12-13,18,20,27H,3,6,11H2,1-2H3,(H2,26,32)(H,29,30). The number of amides is 1. The van der Waals surface area contributed by atoms with Gasteiger partial charge in [0.25, 0.3) is 11.8 Å². The highest BCUT2D eigenvalue weighted by Crippen LogP contribution is 2.37. The molecule has 1 fully saturated rings. The number of fused-ring (bicyclic) bond motifs is 1. The van der Waals surface area contributed by atoms with E-state index in [0.29, 0.717) is 24.3 Å². The summed E-state index contributed by atoms with van der Waals surface area (Å²) in [6, 6.07) is 11.1. The van der Waals surface area contributed by atoms with E-state index in [9.17, 15) is 13.6 Å². The number of likely N-dealkylation sites (N-methyl/N-ethyl adjacent to an activating group) is 2. The average molecular weight is 440 g/mol. The van der Waals surface area contributed by atoms with Crippen molar-refractivity contribution in [1.82, 2.24) is 15.3 Å². The number of benzene rings is 1. The smallest absolute Gasteiger partial charge is 0.265 e. The number of anilines is 3. The number of alkyl halides is 2. The first-order chi connectivity index (χ1) is 15.3. The van der Waals surface area contributed by atoms with Crippen LogP contribution in [0.1, 0.15) is 29.6 Å². The van der Waals surface area contributed by atoms with Crippen LogP contribution in [-0.4, -0.2) is 48.0 Å². The lowest BCUT2D eigenvalue weighted by Crippen LogP contribution is -2.59. The van der Waals surface area contributed by atoms with Gasteiger partial charge in [0.15, 0.2) is 0 Å². The topological polar surface area (TPSA) is 96.2 Å². The van der Waals surface area contributed by atoms with Crippen molar-refractivity contribution in [2.45, 2.75) is 37.3 Å². The van der Waals surface area contributed by atoms with Crippen LogP contribution in [0.3, 0.4) is 0 Å². The first-order valence-corrected chi connectivity index (χ1v) is 10.5. The molecule has 3 aromatic rings. The molecule has 1 aromatic carbocycles. The molecule has 2 unspecified atom stereocenters. The van der Waals surface area contributed by atoms with Gasteiger partial charge < -0.3 is 21.3 Å². The zero-order chi connectivity index (χ0) is 22.9. The molecule has 32 heavy (non-hydrogen) atoms. The van der Waals surface area contributed by atoms with Crippen molar-refractivity contribution in [2.24, 2.45) is 5.73 Å². The van der Waals surface area contributed by atoms with Crippen LogP contribution in [0.25, 0.3) is 10.9 Å². The third-order valence-corrected chi connectivity index (χ3v) is 6.03. The molecule has 4 N–H and O–H groups in total. The van der Waals surface area contributed by atoms with Crippen LogP contribution in [0, 0.1) is 0 Å².